The minimum atomic E-state index is -0.546. The third-order valence-corrected chi connectivity index (χ3v) is 4.40. The third kappa shape index (κ3) is 2.51. The first kappa shape index (κ1) is 13.3. The maximum absolute atomic E-state index is 10.3. The van der Waals surface area contributed by atoms with Crippen molar-refractivity contribution in [3.63, 3.8) is 0 Å². The Kier molecular flexibility index (Phi) is 3.54. The molecule has 0 bridgehead atoms. The zero-order valence-electron chi connectivity index (χ0n) is 11.8. The minimum Gasteiger partial charge on any atom is -0.389 e. The Labute approximate surface area is 105 Å². The highest BCUT2D eigenvalue weighted by Crippen LogP contribution is 2.39. The van der Waals surface area contributed by atoms with E-state index in [1.807, 2.05) is 6.92 Å². The van der Waals surface area contributed by atoms with Gasteiger partial charge < -0.3 is 9.84 Å². The van der Waals surface area contributed by atoms with Gasteiger partial charge in [-0.05, 0) is 33.1 Å². The Balaban J connectivity index is 2.08. The van der Waals surface area contributed by atoms with E-state index < -0.39 is 5.60 Å². The van der Waals surface area contributed by atoms with Crippen LogP contribution in [0.2, 0.25) is 0 Å². The van der Waals surface area contributed by atoms with E-state index in [2.05, 4.69) is 32.6 Å². The maximum Gasteiger partial charge on any atom is 0.0784 e. The third-order valence-electron chi connectivity index (χ3n) is 4.40. The first-order chi connectivity index (χ1) is 7.82. The van der Waals surface area contributed by atoms with Gasteiger partial charge in [-0.3, -0.25) is 4.90 Å². The number of nitrogens with zero attached hydrogens (tertiary/aromatic N) is 1. The molecule has 2 rings (SSSR count). The van der Waals surface area contributed by atoms with Gasteiger partial charge in [-0.1, -0.05) is 13.8 Å². The number of rotatable bonds is 3. The summed E-state index contributed by atoms with van der Waals surface area (Å²) in [5.74, 6) is 1.34. The standard InChI is InChI=1S/C14H27NO2/c1-9(2)11-7-17-13(11)12-6-14(5,16)8-15(12)10(3)4/h9-13,16H,6-8H2,1-5H3. The van der Waals surface area contributed by atoms with Crippen LogP contribution in [0.4, 0.5) is 0 Å². The summed E-state index contributed by atoms with van der Waals surface area (Å²) in [4.78, 5) is 2.42. The lowest BCUT2D eigenvalue weighted by molar-refractivity contribution is -0.164. The van der Waals surface area contributed by atoms with Crippen molar-refractivity contribution in [2.75, 3.05) is 13.2 Å². The monoisotopic (exact) mass is 241 g/mol. The summed E-state index contributed by atoms with van der Waals surface area (Å²) >= 11 is 0. The topological polar surface area (TPSA) is 32.7 Å². The normalized spacial score (nSPS) is 43.4. The molecule has 0 radical (unpaired) electrons. The molecule has 17 heavy (non-hydrogen) atoms. The van der Waals surface area contributed by atoms with E-state index in [0.717, 1.165) is 19.6 Å². The SMILES string of the molecule is CC(C)C1COC1C1CC(C)(O)CN1C(C)C. The Morgan fingerprint density at radius 2 is 1.94 bits per heavy atom. The van der Waals surface area contributed by atoms with Gasteiger partial charge in [-0.2, -0.15) is 0 Å². The largest absolute Gasteiger partial charge is 0.389 e. The lowest BCUT2D eigenvalue weighted by atomic mass is 9.81. The van der Waals surface area contributed by atoms with Gasteiger partial charge in [0.15, 0.2) is 0 Å². The van der Waals surface area contributed by atoms with Gasteiger partial charge in [0.1, 0.15) is 0 Å². The van der Waals surface area contributed by atoms with E-state index in [0.29, 0.717) is 30.0 Å². The van der Waals surface area contributed by atoms with Gasteiger partial charge in [0.25, 0.3) is 0 Å². The molecule has 3 heteroatoms. The van der Waals surface area contributed by atoms with Crippen molar-refractivity contribution in [3.05, 3.63) is 0 Å². The van der Waals surface area contributed by atoms with Crippen LogP contribution in [0.15, 0.2) is 0 Å². The molecule has 0 aliphatic carbocycles. The van der Waals surface area contributed by atoms with Crippen LogP contribution < -0.4 is 0 Å². The second-order valence-electron chi connectivity index (χ2n) is 6.74. The fourth-order valence-corrected chi connectivity index (χ4v) is 3.30. The predicted molar refractivity (Wildman–Crippen MR) is 68.9 cm³/mol. The highest BCUT2D eigenvalue weighted by Gasteiger charge is 2.50. The highest BCUT2D eigenvalue weighted by molar-refractivity contribution is 5.02. The molecule has 0 aromatic carbocycles. The molecule has 0 aromatic heterocycles. The van der Waals surface area contributed by atoms with Crippen LogP contribution in [-0.2, 0) is 4.74 Å². The van der Waals surface area contributed by atoms with E-state index in [-0.39, 0.29) is 0 Å². The van der Waals surface area contributed by atoms with E-state index in [9.17, 15) is 5.11 Å². The highest BCUT2D eigenvalue weighted by atomic mass is 16.5. The zero-order chi connectivity index (χ0) is 12.8. The van der Waals surface area contributed by atoms with Gasteiger partial charge in [0, 0.05) is 24.5 Å². The fourth-order valence-electron chi connectivity index (χ4n) is 3.30. The van der Waals surface area contributed by atoms with Crippen LogP contribution in [0.5, 0.6) is 0 Å². The summed E-state index contributed by atoms with van der Waals surface area (Å²) in [5, 5.41) is 10.3. The first-order valence-electron chi connectivity index (χ1n) is 6.91. The summed E-state index contributed by atoms with van der Waals surface area (Å²) in [5.41, 5.74) is -0.546. The average Bonchev–Trinajstić information content (AvgIpc) is 2.38. The second-order valence-corrected chi connectivity index (χ2v) is 6.74. The summed E-state index contributed by atoms with van der Waals surface area (Å²) in [6.07, 6.45) is 1.17. The second kappa shape index (κ2) is 4.52. The lowest BCUT2D eigenvalue weighted by Crippen LogP contribution is -2.55. The van der Waals surface area contributed by atoms with Crippen LogP contribution in [0.25, 0.3) is 0 Å². The van der Waals surface area contributed by atoms with Crippen molar-refractivity contribution in [2.45, 2.75) is 64.8 Å². The molecular weight excluding hydrogens is 214 g/mol. The first-order valence-corrected chi connectivity index (χ1v) is 6.91. The number of aliphatic hydroxyl groups is 1. The zero-order valence-corrected chi connectivity index (χ0v) is 11.8. The molecule has 3 nitrogen and oxygen atoms in total. The van der Waals surface area contributed by atoms with Crippen molar-refractivity contribution in [1.82, 2.24) is 4.90 Å². The van der Waals surface area contributed by atoms with E-state index in [4.69, 9.17) is 4.74 Å². The molecule has 0 aromatic rings. The maximum atomic E-state index is 10.3. The summed E-state index contributed by atoms with van der Waals surface area (Å²) in [6.45, 7) is 12.6. The summed E-state index contributed by atoms with van der Waals surface area (Å²) < 4.78 is 5.81. The van der Waals surface area contributed by atoms with Gasteiger partial charge in [-0.15, -0.1) is 0 Å². The molecule has 2 heterocycles. The lowest BCUT2D eigenvalue weighted by Gasteiger charge is -2.46. The van der Waals surface area contributed by atoms with E-state index >= 15 is 0 Å². The molecule has 2 aliphatic rings. The average molecular weight is 241 g/mol. The predicted octanol–water partition coefficient (Wildman–Crippen LogP) is 1.89. The fraction of sp³-hybridized carbons (Fsp3) is 1.00. The van der Waals surface area contributed by atoms with Crippen LogP contribution >= 0.6 is 0 Å². The smallest absolute Gasteiger partial charge is 0.0784 e. The quantitative estimate of drug-likeness (QED) is 0.819. The number of β-amino-alcohol motifs (C(OH)–C–C–N with tert-alkyl or cyclic N) is 1. The van der Waals surface area contributed by atoms with Crippen molar-refractivity contribution < 1.29 is 9.84 Å². The van der Waals surface area contributed by atoms with E-state index in [1.165, 1.54) is 0 Å². The van der Waals surface area contributed by atoms with Crippen molar-refractivity contribution in [3.8, 4) is 0 Å². The van der Waals surface area contributed by atoms with Crippen LogP contribution in [0.3, 0.4) is 0 Å². The molecule has 4 atom stereocenters. The van der Waals surface area contributed by atoms with Crippen molar-refractivity contribution in [1.29, 1.82) is 0 Å². The molecule has 0 spiro atoms. The molecule has 0 amide bonds. The van der Waals surface area contributed by atoms with Gasteiger partial charge in [-0.25, -0.2) is 0 Å². The number of ether oxygens (including phenoxy) is 1. The molecule has 1 N–H and O–H groups in total. The Bertz CT molecular complexity index is 275. The van der Waals surface area contributed by atoms with Crippen LogP contribution in [0.1, 0.15) is 41.0 Å². The van der Waals surface area contributed by atoms with Gasteiger partial charge in [0.05, 0.1) is 18.3 Å². The Morgan fingerprint density at radius 1 is 1.29 bits per heavy atom. The van der Waals surface area contributed by atoms with Crippen molar-refractivity contribution in [2.24, 2.45) is 11.8 Å². The molecule has 2 fully saturated rings. The van der Waals surface area contributed by atoms with Gasteiger partial charge in [0.2, 0.25) is 0 Å². The number of likely N-dealkylation sites (tertiary alicyclic amines) is 1. The Hall–Kier alpha value is -0.120. The molecule has 4 unspecified atom stereocenters. The molecule has 2 saturated heterocycles. The molecule has 2 aliphatic heterocycles. The van der Waals surface area contributed by atoms with Gasteiger partial charge >= 0.3 is 0 Å². The van der Waals surface area contributed by atoms with Crippen molar-refractivity contribution >= 4 is 0 Å². The van der Waals surface area contributed by atoms with Crippen LogP contribution in [-0.4, -0.2) is 46.9 Å². The molecule has 100 valence electrons. The minimum absolute atomic E-state index is 0.325. The summed E-state index contributed by atoms with van der Waals surface area (Å²) in [6, 6.07) is 0.872. The Morgan fingerprint density at radius 3 is 2.35 bits per heavy atom. The molecule has 0 saturated carbocycles. The number of hydrogen-bond acceptors (Lipinski definition) is 3. The number of hydrogen-bond donors (Lipinski definition) is 1. The molecular formula is C14H27NO2. The van der Waals surface area contributed by atoms with Crippen LogP contribution in [0, 0.1) is 11.8 Å². The summed E-state index contributed by atoms with van der Waals surface area (Å²) in [7, 11) is 0. The van der Waals surface area contributed by atoms with E-state index in [1.54, 1.807) is 0 Å².